The molecule has 0 saturated heterocycles. The largest absolute Gasteiger partial charge is 0.480 e. The van der Waals surface area contributed by atoms with E-state index in [1.165, 1.54) is 0 Å². The maximum absolute atomic E-state index is 12.1. The number of benzene rings is 1. The molecule has 1 amide bonds. The number of rotatable bonds is 8. The molecule has 0 fully saturated rings. The maximum Gasteiger partial charge on any atom is 0.261 e. The summed E-state index contributed by atoms with van der Waals surface area (Å²) in [6, 6.07) is 5.89. The van der Waals surface area contributed by atoms with Crippen LogP contribution in [-0.2, 0) is 9.53 Å². The highest BCUT2D eigenvalue weighted by molar-refractivity contribution is 5.81. The summed E-state index contributed by atoms with van der Waals surface area (Å²) in [5.41, 5.74) is 2.25. The van der Waals surface area contributed by atoms with Gasteiger partial charge in [0.05, 0.1) is 0 Å². The number of hydrogen-bond donors (Lipinski definition) is 1. The van der Waals surface area contributed by atoms with E-state index in [9.17, 15) is 4.79 Å². The number of methoxy groups -OCH3 is 1. The number of nitrogens with one attached hydrogen (secondary N) is 1. The standard InChI is InChI=1S/C16H25NO3/c1-5-14(16(18)17-10-7-11-19-4)20-15-9-6-8-12(2)13(15)3/h6,8-9,14H,5,7,10-11H2,1-4H3,(H,17,18)/t14-/m0/s1. The molecule has 0 aliphatic rings. The fourth-order valence-electron chi connectivity index (χ4n) is 1.87. The molecule has 0 heterocycles. The minimum atomic E-state index is -0.446. The number of hydrogen-bond acceptors (Lipinski definition) is 3. The van der Waals surface area contributed by atoms with Crippen LogP contribution in [0.25, 0.3) is 0 Å². The Morgan fingerprint density at radius 3 is 2.75 bits per heavy atom. The quantitative estimate of drug-likeness (QED) is 0.744. The zero-order valence-electron chi connectivity index (χ0n) is 12.9. The van der Waals surface area contributed by atoms with Gasteiger partial charge in [0.2, 0.25) is 0 Å². The minimum absolute atomic E-state index is 0.0653. The van der Waals surface area contributed by atoms with Crippen molar-refractivity contribution in [3.63, 3.8) is 0 Å². The highest BCUT2D eigenvalue weighted by Crippen LogP contribution is 2.22. The smallest absolute Gasteiger partial charge is 0.261 e. The zero-order valence-corrected chi connectivity index (χ0v) is 12.9. The molecular formula is C16H25NO3. The monoisotopic (exact) mass is 279 g/mol. The predicted molar refractivity (Wildman–Crippen MR) is 80.1 cm³/mol. The van der Waals surface area contributed by atoms with Crippen molar-refractivity contribution in [1.29, 1.82) is 0 Å². The van der Waals surface area contributed by atoms with Crippen LogP contribution >= 0.6 is 0 Å². The van der Waals surface area contributed by atoms with Crippen LogP contribution in [0.15, 0.2) is 18.2 Å². The van der Waals surface area contributed by atoms with Crippen molar-refractivity contribution in [3.05, 3.63) is 29.3 Å². The fourth-order valence-corrected chi connectivity index (χ4v) is 1.87. The van der Waals surface area contributed by atoms with Crippen molar-refractivity contribution in [1.82, 2.24) is 5.32 Å². The Morgan fingerprint density at radius 1 is 1.35 bits per heavy atom. The summed E-state index contributed by atoms with van der Waals surface area (Å²) in [4.78, 5) is 12.1. The second-order valence-electron chi connectivity index (χ2n) is 4.85. The van der Waals surface area contributed by atoms with Gasteiger partial charge >= 0.3 is 0 Å². The average Bonchev–Trinajstić information content (AvgIpc) is 2.45. The average molecular weight is 279 g/mol. The molecule has 0 aliphatic carbocycles. The van der Waals surface area contributed by atoms with E-state index >= 15 is 0 Å². The second kappa shape index (κ2) is 8.59. The summed E-state index contributed by atoms with van der Waals surface area (Å²) in [7, 11) is 1.65. The van der Waals surface area contributed by atoms with Gasteiger partial charge in [-0.3, -0.25) is 4.79 Å². The molecule has 1 N–H and O–H groups in total. The Labute approximate surface area is 121 Å². The summed E-state index contributed by atoms with van der Waals surface area (Å²) in [6.07, 6.45) is 1.00. The van der Waals surface area contributed by atoms with Crippen molar-refractivity contribution in [2.75, 3.05) is 20.3 Å². The van der Waals surface area contributed by atoms with Gasteiger partial charge < -0.3 is 14.8 Å². The molecule has 1 aromatic rings. The molecule has 0 bridgehead atoms. The first kappa shape index (κ1) is 16.5. The van der Waals surface area contributed by atoms with Crippen molar-refractivity contribution in [2.45, 2.75) is 39.7 Å². The second-order valence-corrected chi connectivity index (χ2v) is 4.85. The number of aryl methyl sites for hydroxylation is 1. The number of amides is 1. The van der Waals surface area contributed by atoms with E-state index in [0.29, 0.717) is 19.6 Å². The normalized spacial score (nSPS) is 12.0. The van der Waals surface area contributed by atoms with E-state index in [1.807, 2.05) is 39.0 Å². The Balaban J connectivity index is 2.57. The van der Waals surface area contributed by atoms with E-state index in [2.05, 4.69) is 5.32 Å². The van der Waals surface area contributed by atoms with Gasteiger partial charge in [0, 0.05) is 20.3 Å². The number of ether oxygens (including phenoxy) is 2. The first-order chi connectivity index (χ1) is 9.60. The van der Waals surface area contributed by atoms with Gasteiger partial charge in [0.25, 0.3) is 5.91 Å². The summed E-state index contributed by atoms with van der Waals surface area (Å²) < 4.78 is 10.8. The fraction of sp³-hybridized carbons (Fsp3) is 0.562. The lowest BCUT2D eigenvalue weighted by Gasteiger charge is -2.19. The summed E-state index contributed by atoms with van der Waals surface area (Å²) in [5, 5.41) is 2.88. The van der Waals surface area contributed by atoms with E-state index in [4.69, 9.17) is 9.47 Å². The lowest BCUT2D eigenvalue weighted by atomic mass is 10.1. The third kappa shape index (κ3) is 4.85. The van der Waals surface area contributed by atoms with Crippen LogP contribution in [0.4, 0.5) is 0 Å². The third-order valence-electron chi connectivity index (χ3n) is 3.31. The molecule has 0 aliphatic heterocycles. The zero-order chi connectivity index (χ0) is 15.0. The molecule has 0 unspecified atom stereocenters. The highest BCUT2D eigenvalue weighted by atomic mass is 16.5. The number of carbonyl (C=O) groups is 1. The van der Waals surface area contributed by atoms with Gasteiger partial charge in [-0.25, -0.2) is 0 Å². The lowest BCUT2D eigenvalue weighted by molar-refractivity contribution is -0.128. The van der Waals surface area contributed by atoms with Gasteiger partial charge in [0.1, 0.15) is 5.75 Å². The molecular weight excluding hydrogens is 254 g/mol. The van der Waals surface area contributed by atoms with Crippen LogP contribution in [0.5, 0.6) is 5.75 Å². The maximum atomic E-state index is 12.1. The van der Waals surface area contributed by atoms with Gasteiger partial charge in [0.15, 0.2) is 6.10 Å². The SMILES string of the molecule is CC[C@H](Oc1cccc(C)c1C)C(=O)NCCCOC. The molecule has 1 aromatic carbocycles. The predicted octanol–water partition coefficient (Wildman–Crippen LogP) is 2.61. The van der Waals surface area contributed by atoms with Crippen LogP contribution in [0, 0.1) is 13.8 Å². The van der Waals surface area contributed by atoms with E-state index in [0.717, 1.165) is 23.3 Å². The minimum Gasteiger partial charge on any atom is -0.480 e. The molecule has 4 heteroatoms. The van der Waals surface area contributed by atoms with Gasteiger partial charge in [-0.2, -0.15) is 0 Å². The van der Waals surface area contributed by atoms with Crippen LogP contribution in [0.2, 0.25) is 0 Å². The van der Waals surface area contributed by atoms with Crippen molar-refractivity contribution < 1.29 is 14.3 Å². The molecule has 0 saturated carbocycles. The molecule has 0 spiro atoms. The Morgan fingerprint density at radius 2 is 2.10 bits per heavy atom. The Bertz CT molecular complexity index is 432. The molecule has 112 valence electrons. The summed E-state index contributed by atoms with van der Waals surface area (Å²) in [5.74, 6) is 0.716. The van der Waals surface area contributed by atoms with Crippen molar-refractivity contribution >= 4 is 5.91 Å². The van der Waals surface area contributed by atoms with Gasteiger partial charge in [-0.15, -0.1) is 0 Å². The van der Waals surface area contributed by atoms with Crippen LogP contribution in [-0.4, -0.2) is 32.3 Å². The summed E-state index contributed by atoms with van der Waals surface area (Å²) in [6.45, 7) is 7.25. The first-order valence-corrected chi connectivity index (χ1v) is 7.09. The third-order valence-corrected chi connectivity index (χ3v) is 3.31. The summed E-state index contributed by atoms with van der Waals surface area (Å²) >= 11 is 0. The van der Waals surface area contributed by atoms with Crippen molar-refractivity contribution in [2.24, 2.45) is 0 Å². The lowest BCUT2D eigenvalue weighted by Crippen LogP contribution is -2.38. The Hall–Kier alpha value is -1.55. The molecule has 1 atom stereocenters. The van der Waals surface area contributed by atoms with Gasteiger partial charge in [-0.1, -0.05) is 19.1 Å². The van der Waals surface area contributed by atoms with Gasteiger partial charge in [-0.05, 0) is 43.9 Å². The molecule has 0 radical (unpaired) electrons. The molecule has 1 rings (SSSR count). The molecule has 4 nitrogen and oxygen atoms in total. The van der Waals surface area contributed by atoms with Crippen LogP contribution in [0.1, 0.15) is 30.9 Å². The van der Waals surface area contributed by atoms with E-state index in [1.54, 1.807) is 7.11 Å². The van der Waals surface area contributed by atoms with Crippen LogP contribution < -0.4 is 10.1 Å². The van der Waals surface area contributed by atoms with Crippen molar-refractivity contribution in [3.8, 4) is 5.75 Å². The van der Waals surface area contributed by atoms with E-state index in [-0.39, 0.29) is 5.91 Å². The number of carbonyl (C=O) groups excluding carboxylic acids is 1. The topological polar surface area (TPSA) is 47.6 Å². The Kier molecular flexibility index (Phi) is 7.09. The first-order valence-electron chi connectivity index (χ1n) is 7.09. The van der Waals surface area contributed by atoms with E-state index < -0.39 is 6.10 Å². The highest BCUT2D eigenvalue weighted by Gasteiger charge is 2.18. The van der Waals surface area contributed by atoms with Crippen LogP contribution in [0.3, 0.4) is 0 Å². The molecule has 20 heavy (non-hydrogen) atoms. The molecule has 0 aromatic heterocycles.